The van der Waals surface area contributed by atoms with E-state index in [2.05, 4.69) is 54.1 Å². The van der Waals surface area contributed by atoms with E-state index < -0.39 is 20.1 Å². The number of hydrogen-bond donors (Lipinski definition) is 1. The number of fused-ring (bicyclic) bond motifs is 1. The van der Waals surface area contributed by atoms with Crippen LogP contribution >= 0.6 is 11.6 Å². The second kappa shape index (κ2) is 11.1. The molecule has 2 aromatic heterocycles. The Morgan fingerprint density at radius 1 is 1.13 bits per heavy atom. The molecule has 2 heterocycles. The summed E-state index contributed by atoms with van der Waals surface area (Å²) < 4.78 is 47.2. The van der Waals surface area contributed by atoms with Crippen LogP contribution in [0.15, 0.2) is 30.6 Å². The van der Waals surface area contributed by atoms with Gasteiger partial charge in [-0.25, -0.2) is 4.98 Å². The van der Waals surface area contributed by atoms with Gasteiger partial charge in [0.2, 0.25) is 5.28 Å². The lowest BCUT2D eigenvalue weighted by Gasteiger charge is -2.37. The molecule has 0 radical (unpaired) electrons. The Morgan fingerprint density at radius 3 is 2.39 bits per heavy atom. The summed E-state index contributed by atoms with van der Waals surface area (Å²) in [5.74, 6) is 1.14. The van der Waals surface area contributed by atoms with E-state index >= 15 is 0 Å². The van der Waals surface area contributed by atoms with Gasteiger partial charge in [-0.3, -0.25) is 0 Å². The van der Waals surface area contributed by atoms with Crippen LogP contribution in [0.4, 0.5) is 19.0 Å². The Kier molecular flexibility index (Phi) is 8.45. The van der Waals surface area contributed by atoms with E-state index in [1.807, 2.05) is 4.57 Å². The molecule has 1 fully saturated rings. The van der Waals surface area contributed by atoms with Gasteiger partial charge in [-0.05, 0) is 79.0 Å². The van der Waals surface area contributed by atoms with Crippen molar-refractivity contribution in [2.24, 2.45) is 5.92 Å². The first-order chi connectivity index (χ1) is 17.7. The van der Waals surface area contributed by atoms with Crippen LogP contribution in [0.3, 0.4) is 0 Å². The van der Waals surface area contributed by atoms with Crippen LogP contribution in [0, 0.1) is 5.92 Å². The van der Waals surface area contributed by atoms with E-state index in [4.69, 9.17) is 16.0 Å². The molecule has 3 aromatic rings. The van der Waals surface area contributed by atoms with Gasteiger partial charge >= 0.3 is 6.18 Å². The summed E-state index contributed by atoms with van der Waals surface area (Å²) >= 11 is 6.25. The fourth-order valence-corrected chi connectivity index (χ4v) is 5.71. The second-order valence-electron chi connectivity index (χ2n) is 11.8. The molecule has 1 unspecified atom stereocenters. The molecule has 208 valence electrons. The van der Waals surface area contributed by atoms with Crippen molar-refractivity contribution in [1.82, 2.24) is 19.5 Å². The van der Waals surface area contributed by atoms with Gasteiger partial charge in [-0.1, -0.05) is 39.3 Å². The van der Waals surface area contributed by atoms with Crippen LogP contribution in [0.25, 0.3) is 11.2 Å². The lowest BCUT2D eigenvalue weighted by Crippen LogP contribution is -2.41. The van der Waals surface area contributed by atoms with Gasteiger partial charge in [-0.2, -0.15) is 23.1 Å². The van der Waals surface area contributed by atoms with E-state index in [9.17, 15) is 13.2 Å². The molecule has 0 bridgehead atoms. The van der Waals surface area contributed by atoms with Gasteiger partial charge in [0.05, 0.1) is 11.9 Å². The third-order valence-electron chi connectivity index (χ3n) is 8.05. The van der Waals surface area contributed by atoms with Crippen molar-refractivity contribution in [3.63, 3.8) is 0 Å². The molecular weight excluding hydrogens is 531 g/mol. The molecule has 1 atom stereocenters. The first-order valence-corrected chi connectivity index (χ1v) is 16.5. The Bertz CT molecular complexity index is 1240. The maximum absolute atomic E-state index is 13.0. The summed E-state index contributed by atoms with van der Waals surface area (Å²) in [5.41, 5.74) is 1.19. The first-order valence-electron chi connectivity index (χ1n) is 13.2. The summed E-state index contributed by atoms with van der Waals surface area (Å²) in [7, 11) is -1.80. The number of imidazole rings is 1. The van der Waals surface area contributed by atoms with Crippen LogP contribution < -0.4 is 5.32 Å². The van der Waals surface area contributed by atoms with Crippen LogP contribution in [-0.4, -0.2) is 40.5 Å². The number of hydrogen-bond acceptors (Lipinski definition) is 5. The minimum absolute atomic E-state index is 0.105. The van der Waals surface area contributed by atoms with Crippen molar-refractivity contribution < 1.29 is 17.6 Å². The Balaban J connectivity index is 1.51. The predicted molar refractivity (Wildman–Crippen MR) is 148 cm³/mol. The molecule has 1 N–H and O–H groups in total. The van der Waals surface area contributed by atoms with Gasteiger partial charge < -0.3 is 14.3 Å². The zero-order valence-corrected chi connectivity index (χ0v) is 24.5. The summed E-state index contributed by atoms with van der Waals surface area (Å²) in [4.78, 5) is 13.2. The van der Waals surface area contributed by atoms with Gasteiger partial charge in [0.25, 0.3) is 0 Å². The molecule has 0 spiro atoms. The molecule has 0 saturated heterocycles. The highest BCUT2D eigenvalue weighted by molar-refractivity contribution is 6.74. The van der Waals surface area contributed by atoms with Crippen molar-refractivity contribution in [2.75, 3.05) is 11.9 Å². The normalized spacial score (nSPS) is 16.0. The lowest BCUT2D eigenvalue weighted by atomic mass is 9.78. The number of aromatic nitrogens is 4. The topological polar surface area (TPSA) is 64.9 Å². The highest BCUT2D eigenvalue weighted by atomic mass is 35.5. The number of alkyl halides is 3. The van der Waals surface area contributed by atoms with E-state index in [1.165, 1.54) is 18.6 Å². The summed E-state index contributed by atoms with van der Waals surface area (Å²) in [6.45, 7) is 12.3. The number of rotatable bonds is 10. The second-order valence-corrected chi connectivity index (χ2v) is 16.9. The lowest BCUT2D eigenvalue weighted by molar-refractivity contribution is -0.137. The number of halogens is 4. The van der Waals surface area contributed by atoms with Crippen molar-refractivity contribution in [3.8, 4) is 0 Å². The summed E-state index contributed by atoms with van der Waals surface area (Å²) in [6.07, 6.45) is 2.68. The first kappa shape index (κ1) is 28.8. The minimum Gasteiger partial charge on any atom is -0.417 e. The molecular formula is C27H37ClF3N5OSi. The Hall–Kier alpha value is -2.17. The van der Waals surface area contributed by atoms with Gasteiger partial charge in [0.15, 0.2) is 19.8 Å². The van der Waals surface area contributed by atoms with Gasteiger partial charge in [0, 0.05) is 19.2 Å². The highest BCUT2D eigenvalue weighted by Crippen LogP contribution is 2.38. The minimum atomic E-state index is -4.37. The van der Waals surface area contributed by atoms with Crippen molar-refractivity contribution in [1.29, 1.82) is 0 Å². The molecule has 1 saturated carbocycles. The molecule has 1 aliphatic rings. The van der Waals surface area contributed by atoms with E-state index in [-0.39, 0.29) is 16.4 Å². The van der Waals surface area contributed by atoms with Crippen LogP contribution in [0.2, 0.25) is 23.4 Å². The van der Waals surface area contributed by atoms with Crippen molar-refractivity contribution in [3.05, 3.63) is 47.0 Å². The van der Waals surface area contributed by atoms with Crippen LogP contribution in [-0.2, 0) is 17.1 Å². The molecule has 1 aliphatic carbocycles. The van der Waals surface area contributed by atoms with Crippen LogP contribution in [0.5, 0.6) is 0 Å². The van der Waals surface area contributed by atoms with Crippen molar-refractivity contribution >= 4 is 36.9 Å². The van der Waals surface area contributed by atoms with E-state index in [1.54, 1.807) is 6.33 Å². The third kappa shape index (κ3) is 6.69. The maximum Gasteiger partial charge on any atom is 0.416 e. The standard InChI is InChI=1S/C27H37ClF3N5OSi/c1-26(2,3)38(4,5)37-15-7-10-21(19-8-6-9-19)33-24-22-23(34-25(28)35-24)32-17-36(22)16-18-11-13-20(14-12-18)27(29,30)31/h11-14,17,19,21H,6-10,15-16H2,1-5H3,(H,33,34,35). The highest BCUT2D eigenvalue weighted by Gasteiger charge is 2.37. The number of nitrogens with one attached hydrogen (secondary N) is 1. The fourth-order valence-electron chi connectivity index (χ4n) is 4.46. The summed E-state index contributed by atoms with van der Waals surface area (Å²) in [6, 6.07) is 5.37. The van der Waals surface area contributed by atoms with Crippen LogP contribution in [0.1, 0.15) is 64.0 Å². The zero-order chi connectivity index (χ0) is 27.7. The molecule has 38 heavy (non-hydrogen) atoms. The monoisotopic (exact) mass is 567 g/mol. The largest absolute Gasteiger partial charge is 0.417 e. The number of anilines is 1. The fraction of sp³-hybridized carbons (Fsp3) is 0.593. The summed E-state index contributed by atoms with van der Waals surface area (Å²) in [5, 5.41) is 3.92. The van der Waals surface area contributed by atoms with Gasteiger partial charge in [-0.15, -0.1) is 0 Å². The molecule has 6 nitrogen and oxygen atoms in total. The maximum atomic E-state index is 13.0. The predicted octanol–water partition coefficient (Wildman–Crippen LogP) is 7.93. The van der Waals surface area contributed by atoms with E-state index in [0.717, 1.165) is 50.0 Å². The molecule has 0 aliphatic heterocycles. The number of nitrogens with zero attached hydrogens (tertiary/aromatic N) is 4. The molecule has 0 amide bonds. The molecule has 4 rings (SSSR count). The molecule has 1 aromatic carbocycles. The SMILES string of the molecule is CC(C)(C)[Si](C)(C)OCCCC(Nc1nc(Cl)nc2ncn(Cc3ccc(C(F)(F)F)cc3)c12)C1CCC1. The average Bonchev–Trinajstić information content (AvgIpc) is 3.16. The third-order valence-corrected chi connectivity index (χ3v) is 12.8. The smallest absolute Gasteiger partial charge is 0.416 e. The van der Waals surface area contributed by atoms with Gasteiger partial charge in [0.1, 0.15) is 5.52 Å². The van der Waals surface area contributed by atoms with E-state index in [0.29, 0.717) is 29.4 Å². The van der Waals surface area contributed by atoms with Crippen molar-refractivity contribution in [2.45, 2.75) is 89.8 Å². The average molecular weight is 568 g/mol. The Labute approximate surface area is 228 Å². The Morgan fingerprint density at radius 2 is 1.82 bits per heavy atom. The molecule has 11 heteroatoms. The number of benzene rings is 1. The quantitative estimate of drug-likeness (QED) is 0.153. The zero-order valence-electron chi connectivity index (χ0n) is 22.7.